The van der Waals surface area contributed by atoms with Gasteiger partial charge in [0, 0.05) is 23.6 Å². The van der Waals surface area contributed by atoms with Crippen molar-refractivity contribution in [2.45, 2.75) is 25.8 Å². The van der Waals surface area contributed by atoms with Crippen molar-refractivity contribution >= 4 is 16.8 Å². The van der Waals surface area contributed by atoms with Crippen molar-refractivity contribution in [1.29, 1.82) is 0 Å². The normalized spacial score (nSPS) is 11.4. The summed E-state index contributed by atoms with van der Waals surface area (Å²) in [6.07, 6.45) is 1.90. The van der Waals surface area contributed by atoms with Crippen LogP contribution in [0.5, 0.6) is 11.5 Å². The Labute approximate surface area is 153 Å². The van der Waals surface area contributed by atoms with Crippen LogP contribution in [0.25, 0.3) is 10.9 Å². The van der Waals surface area contributed by atoms with E-state index in [-0.39, 0.29) is 5.91 Å². The molecule has 1 amide bonds. The fourth-order valence-corrected chi connectivity index (χ4v) is 3.01. The molecule has 136 valence electrons. The smallest absolute Gasteiger partial charge is 0.230 e. The molecule has 2 N–H and O–H groups in total. The summed E-state index contributed by atoms with van der Waals surface area (Å²) in [6.45, 7) is 4.33. The van der Waals surface area contributed by atoms with E-state index in [1.807, 2.05) is 62.5 Å². The number of hydrogen-bond acceptors (Lipinski definition) is 3. The van der Waals surface area contributed by atoms with Gasteiger partial charge in [-0.25, -0.2) is 0 Å². The lowest BCUT2D eigenvalue weighted by Crippen LogP contribution is -2.39. The van der Waals surface area contributed by atoms with Crippen molar-refractivity contribution in [1.82, 2.24) is 10.3 Å². The van der Waals surface area contributed by atoms with Crippen molar-refractivity contribution in [3.8, 4) is 11.5 Å². The largest absolute Gasteiger partial charge is 0.497 e. The number of ether oxygens (including phenoxy) is 2. The molecule has 3 aromatic rings. The predicted molar refractivity (Wildman–Crippen MR) is 103 cm³/mol. The van der Waals surface area contributed by atoms with Gasteiger partial charge in [0.25, 0.3) is 0 Å². The van der Waals surface area contributed by atoms with E-state index in [0.717, 1.165) is 33.5 Å². The van der Waals surface area contributed by atoms with Crippen molar-refractivity contribution < 1.29 is 14.3 Å². The molecule has 1 heterocycles. The maximum absolute atomic E-state index is 12.9. The second kappa shape index (κ2) is 7.12. The molecule has 0 aliphatic carbocycles. The van der Waals surface area contributed by atoms with E-state index in [1.165, 1.54) is 0 Å². The first-order valence-corrected chi connectivity index (χ1v) is 8.52. The average Bonchev–Trinajstić information content (AvgIpc) is 3.10. The van der Waals surface area contributed by atoms with E-state index >= 15 is 0 Å². The summed E-state index contributed by atoms with van der Waals surface area (Å²) in [6, 6.07) is 13.5. The molecule has 0 spiro atoms. The van der Waals surface area contributed by atoms with Gasteiger partial charge < -0.3 is 19.8 Å². The molecular weight excluding hydrogens is 328 g/mol. The lowest BCUT2D eigenvalue weighted by atomic mass is 9.83. The van der Waals surface area contributed by atoms with Crippen LogP contribution < -0.4 is 14.8 Å². The minimum Gasteiger partial charge on any atom is -0.497 e. The molecule has 5 heteroatoms. The molecule has 0 saturated carbocycles. The third kappa shape index (κ3) is 3.38. The molecule has 3 rings (SSSR count). The number of hydrogen-bond donors (Lipinski definition) is 2. The van der Waals surface area contributed by atoms with Crippen LogP contribution in [0.1, 0.15) is 25.0 Å². The zero-order valence-corrected chi connectivity index (χ0v) is 15.6. The Hall–Kier alpha value is -2.95. The van der Waals surface area contributed by atoms with E-state index in [9.17, 15) is 4.79 Å². The van der Waals surface area contributed by atoms with Crippen LogP contribution in [0.4, 0.5) is 0 Å². The summed E-state index contributed by atoms with van der Waals surface area (Å²) in [5.74, 6) is 1.54. The topological polar surface area (TPSA) is 63.3 Å². The minimum atomic E-state index is -0.683. The Morgan fingerprint density at radius 3 is 2.35 bits per heavy atom. The van der Waals surface area contributed by atoms with Crippen LogP contribution in [-0.2, 0) is 16.8 Å². The van der Waals surface area contributed by atoms with Gasteiger partial charge in [0.15, 0.2) is 0 Å². The highest BCUT2D eigenvalue weighted by Gasteiger charge is 2.32. The van der Waals surface area contributed by atoms with E-state index in [1.54, 1.807) is 14.2 Å². The van der Waals surface area contributed by atoms with Gasteiger partial charge in [0.2, 0.25) is 5.91 Å². The van der Waals surface area contributed by atoms with Gasteiger partial charge in [-0.3, -0.25) is 4.79 Å². The van der Waals surface area contributed by atoms with E-state index < -0.39 is 5.41 Å². The molecular formula is C21H24N2O3. The molecule has 0 aliphatic heterocycles. The highest BCUT2D eigenvalue weighted by atomic mass is 16.5. The molecule has 0 bridgehead atoms. The fraction of sp³-hybridized carbons (Fsp3) is 0.286. The number of H-pyrrole nitrogens is 1. The molecule has 26 heavy (non-hydrogen) atoms. The quantitative estimate of drug-likeness (QED) is 0.710. The van der Waals surface area contributed by atoms with Crippen LogP contribution in [0.3, 0.4) is 0 Å². The second-order valence-corrected chi connectivity index (χ2v) is 6.77. The molecule has 0 atom stereocenters. The number of benzene rings is 2. The summed E-state index contributed by atoms with van der Waals surface area (Å²) in [5.41, 5.74) is 2.27. The van der Waals surface area contributed by atoms with Crippen molar-refractivity contribution in [3.63, 3.8) is 0 Å². The number of methoxy groups -OCH3 is 2. The van der Waals surface area contributed by atoms with Gasteiger partial charge in [-0.15, -0.1) is 0 Å². The number of amides is 1. The highest BCUT2D eigenvalue weighted by Crippen LogP contribution is 2.32. The van der Waals surface area contributed by atoms with Gasteiger partial charge in [-0.1, -0.05) is 12.1 Å². The Kier molecular flexibility index (Phi) is 4.89. The monoisotopic (exact) mass is 352 g/mol. The van der Waals surface area contributed by atoms with Crippen molar-refractivity contribution in [3.05, 3.63) is 59.8 Å². The summed E-state index contributed by atoms with van der Waals surface area (Å²) < 4.78 is 10.5. The number of fused-ring (bicyclic) bond motifs is 1. The first kappa shape index (κ1) is 17.9. The average molecular weight is 352 g/mol. The summed E-state index contributed by atoms with van der Waals surface area (Å²) in [7, 11) is 3.27. The summed E-state index contributed by atoms with van der Waals surface area (Å²) in [5, 5.41) is 4.03. The molecule has 2 aromatic carbocycles. The third-order valence-corrected chi connectivity index (χ3v) is 4.74. The van der Waals surface area contributed by atoms with Gasteiger partial charge in [-0.05, 0) is 55.3 Å². The molecule has 0 radical (unpaired) electrons. The zero-order chi connectivity index (χ0) is 18.7. The molecule has 0 fully saturated rings. The lowest BCUT2D eigenvalue weighted by Gasteiger charge is -2.23. The minimum absolute atomic E-state index is 0.0305. The summed E-state index contributed by atoms with van der Waals surface area (Å²) in [4.78, 5) is 16.1. The first-order chi connectivity index (χ1) is 12.5. The Bertz CT molecular complexity index is 911. The van der Waals surface area contributed by atoms with Crippen molar-refractivity contribution in [2.75, 3.05) is 14.2 Å². The maximum atomic E-state index is 12.9. The molecule has 1 aromatic heterocycles. The van der Waals surface area contributed by atoms with Crippen LogP contribution in [0.15, 0.2) is 48.7 Å². The predicted octanol–water partition coefficient (Wildman–Crippen LogP) is 3.78. The number of carbonyl (C=O) groups excluding carboxylic acids is 1. The Morgan fingerprint density at radius 1 is 1.04 bits per heavy atom. The molecule has 0 aliphatic rings. The van der Waals surface area contributed by atoms with Gasteiger partial charge in [0.1, 0.15) is 11.5 Å². The standard InChI is InChI=1S/C21H24N2O3/c1-21(2,18-13-22-19-10-9-16(26-4)11-17(18)19)20(24)23-12-14-5-7-15(25-3)8-6-14/h5-11,13,22H,12H2,1-4H3,(H,23,24). The van der Waals surface area contributed by atoms with Crippen LogP contribution in [0, 0.1) is 0 Å². The number of aromatic amines is 1. The Morgan fingerprint density at radius 2 is 1.69 bits per heavy atom. The fourth-order valence-electron chi connectivity index (χ4n) is 3.01. The number of aromatic nitrogens is 1. The van der Waals surface area contributed by atoms with Gasteiger partial charge >= 0.3 is 0 Å². The molecule has 0 unspecified atom stereocenters. The van der Waals surface area contributed by atoms with E-state index in [4.69, 9.17) is 9.47 Å². The highest BCUT2D eigenvalue weighted by molar-refractivity contribution is 5.95. The Balaban J connectivity index is 1.79. The van der Waals surface area contributed by atoms with Crippen molar-refractivity contribution in [2.24, 2.45) is 0 Å². The van der Waals surface area contributed by atoms with E-state index in [2.05, 4.69) is 10.3 Å². The number of nitrogens with one attached hydrogen (secondary N) is 2. The zero-order valence-electron chi connectivity index (χ0n) is 15.6. The van der Waals surface area contributed by atoms with Crippen LogP contribution in [-0.4, -0.2) is 25.1 Å². The van der Waals surface area contributed by atoms with Gasteiger partial charge in [0.05, 0.1) is 19.6 Å². The van der Waals surface area contributed by atoms with Gasteiger partial charge in [-0.2, -0.15) is 0 Å². The maximum Gasteiger partial charge on any atom is 0.230 e. The molecule has 5 nitrogen and oxygen atoms in total. The lowest BCUT2D eigenvalue weighted by molar-refractivity contribution is -0.125. The van der Waals surface area contributed by atoms with Crippen LogP contribution >= 0.6 is 0 Å². The second-order valence-electron chi connectivity index (χ2n) is 6.77. The van der Waals surface area contributed by atoms with Crippen LogP contribution in [0.2, 0.25) is 0 Å². The number of rotatable bonds is 6. The summed E-state index contributed by atoms with van der Waals surface area (Å²) >= 11 is 0. The SMILES string of the molecule is COc1ccc(CNC(=O)C(C)(C)c2c[nH]c3ccc(OC)cc23)cc1. The third-order valence-electron chi connectivity index (χ3n) is 4.74. The van der Waals surface area contributed by atoms with E-state index in [0.29, 0.717) is 6.54 Å². The molecule has 0 saturated heterocycles. The first-order valence-electron chi connectivity index (χ1n) is 8.52. The number of carbonyl (C=O) groups is 1.